The van der Waals surface area contributed by atoms with Crippen LogP contribution in [0.5, 0.6) is 0 Å². The second kappa shape index (κ2) is 7.51. The van der Waals surface area contributed by atoms with E-state index in [2.05, 4.69) is 18.6 Å². The van der Waals surface area contributed by atoms with Gasteiger partial charge >= 0.3 is 0 Å². The topological polar surface area (TPSA) is 46.2 Å². The highest BCUT2D eigenvalue weighted by molar-refractivity contribution is 7.89. The third-order valence-corrected chi connectivity index (χ3v) is 4.09. The van der Waals surface area contributed by atoms with Gasteiger partial charge in [-0.05, 0) is 24.7 Å². The van der Waals surface area contributed by atoms with Gasteiger partial charge < -0.3 is 0 Å². The van der Waals surface area contributed by atoms with E-state index in [1.807, 2.05) is 13.8 Å². The lowest BCUT2D eigenvalue weighted by Crippen LogP contribution is -2.38. The van der Waals surface area contributed by atoms with E-state index in [-0.39, 0.29) is 11.8 Å². The lowest BCUT2D eigenvalue weighted by molar-refractivity contribution is 0.482. The Labute approximate surface area is 105 Å². The molecule has 5 heteroatoms. The molecule has 0 aromatic carbocycles. The van der Waals surface area contributed by atoms with Crippen LogP contribution < -0.4 is 4.72 Å². The molecule has 0 bridgehead atoms. The average molecular weight is 270 g/mol. The molecular formula is C11H24ClNO2S. The summed E-state index contributed by atoms with van der Waals surface area (Å²) in [5.41, 5.74) is 0. The first kappa shape index (κ1) is 16.2. The number of alkyl halides is 1. The van der Waals surface area contributed by atoms with Crippen molar-refractivity contribution in [2.45, 2.75) is 46.6 Å². The van der Waals surface area contributed by atoms with Crippen molar-refractivity contribution >= 4 is 21.6 Å². The van der Waals surface area contributed by atoms with Crippen LogP contribution in [0.4, 0.5) is 0 Å². The summed E-state index contributed by atoms with van der Waals surface area (Å²) in [6.45, 7) is 8.15. The van der Waals surface area contributed by atoms with Gasteiger partial charge in [0.2, 0.25) is 10.0 Å². The van der Waals surface area contributed by atoms with Crippen molar-refractivity contribution in [1.29, 1.82) is 0 Å². The van der Waals surface area contributed by atoms with Crippen LogP contribution in [0.2, 0.25) is 0 Å². The number of hydrogen-bond acceptors (Lipinski definition) is 2. The standard InChI is InChI=1S/C11H24ClNO2S/c1-9(2)5-6-16(14,15)13-11(8-12)7-10(3)4/h9-11,13H,5-8H2,1-4H3. The molecule has 3 nitrogen and oxygen atoms in total. The number of rotatable bonds is 8. The van der Waals surface area contributed by atoms with Crippen LogP contribution in [-0.2, 0) is 10.0 Å². The average Bonchev–Trinajstić information content (AvgIpc) is 2.13. The van der Waals surface area contributed by atoms with E-state index in [0.717, 1.165) is 6.42 Å². The number of halogens is 1. The molecule has 0 aliphatic rings. The fourth-order valence-corrected chi connectivity index (χ4v) is 3.30. The van der Waals surface area contributed by atoms with E-state index in [1.54, 1.807) is 0 Å². The molecule has 16 heavy (non-hydrogen) atoms. The number of sulfonamides is 1. The van der Waals surface area contributed by atoms with Crippen molar-refractivity contribution in [1.82, 2.24) is 4.72 Å². The summed E-state index contributed by atoms with van der Waals surface area (Å²) in [7, 11) is -3.17. The normalized spacial score (nSPS) is 14.7. The Balaban J connectivity index is 4.21. The molecular weight excluding hydrogens is 246 g/mol. The molecule has 0 aromatic heterocycles. The molecule has 0 aromatic rings. The first-order chi connectivity index (χ1) is 7.26. The summed E-state index contributed by atoms with van der Waals surface area (Å²) in [6, 6.07) is -0.140. The van der Waals surface area contributed by atoms with Crippen molar-refractivity contribution in [2.75, 3.05) is 11.6 Å². The Hall–Kier alpha value is 0.200. The molecule has 0 fully saturated rings. The Bertz CT molecular complexity index is 276. The second-order valence-corrected chi connectivity index (χ2v) is 7.28. The molecule has 0 aliphatic heterocycles. The zero-order chi connectivity index (χ0) is 12.8. The predicted molar refractivity (Wildman–Crippen MR) is 70.3 cm³/mol. The summed E-state index contributed by atoms with van der Waals surface area (Å²) in [5.74, 6) is 1.36. The van der Waals surface area contributed by atoms with Crippen LogP contribution in [-0.4, -0.2) is 26.1 Å². The van der Waals surface area contributed by atoms with Gasteiger partial charge in [-0.25, -0.2) is 13.1 Å². The Morgan fingerprint density at radius 2 is 1.69 bits per heavy atom. The summed E-state index contributed by atoms with van der Waals surface area (Å²) >= 11 is 5.75. The maximum absolute atomic E-state index is 11.7. The monoisotopic (exact) mass is 269 g/mol. The Kier molecular flexibility index (Phi) is 7.61. The van der Waals surface area contributed by atoms with E-state index < -0.39 is 10.0 Å². The minimum Gasteiger partial charge on any atom is -0.212 e. The fraction of sp³-hybridized carbons (Fsp3) is 1.00. The smallest absolute Gasteiger partial charge is 0.211 e. The van der Waals surface area contributed by atoms with Gasteiger partial charge in [-0.3, -0.25) is 0 Å². The third kappa shape index (κ3) is 8.36. The first-order valence-electron chi connectivity index (χ1n) is 5.82. The van der Waals surface area contributed by atoms with Crippen LogP contribution in [0.3, 0.4) is 0 Å². The largest absolute Gasteiger partial charge is 0.212 e. The van der Waals surface area contributed by atoms with E-state index >= 15 is 0 Å². The van der Waals surface area contributed by atoms with Crippen molar-refractivity contribution in [3.8, 4) is 0 Å². The van der Waals surface area contributed by atoms with Gasteiger partial charge in [0.25, 0.3) is 0 Å². The number of nitrogens with one attached hydrogen (secondary N) is 1. The first-order valence-corrected chi connectivity index (χ1v) is 8.01. The molecule has 1 unspecified atom stereocenters. The Morgan fingerprint density at radius 1 is 1.12 bits per heavy atom. The molecule has 0 spiro atoms. The van der Waals surface area contributed by atoms with Gasteiger partial charge in [0.05, 0.1) is 5.75 Å². The molecule has 0 radical (unpaired) electrons. The van der Waals surface area contributed by atoms with Gasteiger partial charge in [0, 0.05) is 11.9 Å². The van der Waals surface area contributed by atoms with E-state index in [9.17, 15) is 8.42 Å². The molecule has 0 aliphatic carbocycles. The summed E-state index contributed by atoms with van der Waals surface area (Å²) in [5, 5.41) is 0. The third-order valence-electron chi connectivity index (χ3n) is 2.25. The lowest BCUT2D eigenvalue weighted by atomic mass is 10.1. The van der Waals surface area contributed by atoms with Crippen LogP contribution >= 0.6 is 11.6 Å². The van der Waals surface area contributed by atoms with Crippen LogP contribution in [0.25, 0.3) is 0 Å². The van der Waals surface area contributed by atoms with Crippen LogP contribution in [0.15, 0.2) is 0 Å². The molecule has 0 saturated carbocycles. The molecule has 0 rings (SSSR count). The minimum atomic E-state index is -3.17. The van der Waals surface area contributed by atoms with Gasteiger partial charge in [0.1, 0.15) is 0 Å². The molecule has 0 amide bonds. The highest BCUT2D eigenvalue weighted by atomic mass is 35.5. The highest BCUT2D eigenvalue weighted by Gasteiger charge is 2.18. The Morgan fingerprint density at radius 3 is 2.06 bits per heavy atom. The summed E-state index contributed by atoms with van der Waals surface area (Å²) < 4.78 is 26.1. The second-order valence-electron chi connectivity index (χ2n) is 5.10. The number of hydrogen-bond donors (Lipinski definition) is 1. The van der Waals surface area contributed by atoms with Gasteiger partial charge in [-0.15, -0.1) is 11.6 Å². The summed E-state index contributed by atoms with van der Waals surface area (Å²) in [6.07, 6.45) is 1.47. The lowest BCUT2D eigenvalue weighted by Gasteiger charge is -2.18. The fourth-order valence-electron chi connectivity index (χ4n) is 1.42. The quantitative estimate of drug-likeness (QED) is 0.689. The molecule has 0 saturated heterocycles. The van der Waals surface area contributed by atoms with Crippen molar-refractivity contribution in [2.24, 2.45) is 11.8 Å². The van der Waals surface area contributed by atoms with Crippen LogP contribution in [0.1, 0.15) is 40.5 Å². The molecule has 98 valence electrons. The SMILES string of the molecule is CC(C)CCS(=O)(=O)NC(CCl)CC(C)C. The maximum atomic E-state index is 11.7. The van der Waals surface area contributed by atoms with Crippen molar-refractivity contribution in [3.05, 3.63) is 0 Å². The molecule has 0 heterocycles. The van der Waals surface area contributed by atoms with Crippen LogP contribution in [0, 0.1) is 11.8 Å². The zero-order valence-electron chi connectivity index (χ0n) is 10.7. The highest BCUT2D eigenvalue weighted by Crippen LogP contribution is 2.09. The van der Waals surface area contributed by atoms with Crippen molar-refractivity contribution in [3.63, 3.8) is 0 Å². The maximum Gasteiger partial charge on any atom is 0.211 e. The van der Waals surface area contributed by atoms with E-state index in [0.29, 0.717) is 24.1 Å². The predicted octanol–water partition coefficient (Wildman–Crippen LogP) is 2.61. The molecule has 1 N–H and O–H groups in total. The van der Waals surface area contributed by atoms with Gasteiger partial charge in [-0.1, -0.05) is 27.7 Å². The minimum absolute atomic E-state index is 0.140. The van der Waals surface area contributed by atoms with Crippen molar-refractivity contribution < 1.29 is 8.42 Å². The van der Waals surface area contributed by atoms with E-state index in [4.69, 9.17) is 11.6 Å². The summed E-state index contributed by atoms with van der Waals surface area (Å²) in [4.78, 5) is 0. The van der Waals surface area contributed by atoms with Gasteiger partial charge in [-0.2, -0.15) is 0 Å². The zero-order valence-corrected chi connectivity index (χ0v) is 12.2. The van der Waals surface area contributed by atoms with E-state index in [1.165, 1.54) is 0 Å². The van der Waals surface area contributed by atoms with Gasteiger partial charge in [0.15, 0.2) is 0 Å². The molecule has 1 atom stereocenters.